The molecule has 7 aromatic carbocycles. The molecule has 0 fully saturated rings. The van der Waals surface area contributed by atoms with Crippen LogP contribution in [0, 0.1) is 24.3 Å². The fraction of sp³-hybridized carbons (Fsp3) is 0. The summed E-state index contributed by atoms with van der Waals surface area (Å²) >= 11 is 0. The predicted molar refractivity (Wildman–Crippen MR) is 250 cm³/mol. The fourth-order valence-corrected chi connectivity index (χ4v) is 8.71. The first-order chi connectivity index (χ1) is 32.2. The Morgan fingerprint density at radius 3 is 1.16 bits per heavy atom. The molecule has 0 spiro atoms. The first-order valence-electron chi connectivity index (χ1n) is 20.9. The summed E-state index contributed by atoms with van der Waals surface area (Å²) in [6, 6.07) is 67.7. The molecule has 0 radical (unpaired) electrons. The van der Waals surface area contributed by atoms with E-state index < -0.39 is 0 Å². The number of rotatable bonds is 8. The molecule has 0 saturated carbocycles. The summed E-state index contributed by atoms with van der Waals surface area (Å²) < 4.78 is 19.2. The van der Waals surface area contributed by atoms with Gasteiger partial charge in [-0.2, -0.15) is 35.0 Å². The number of hydrogen-bond donors (Lipinski definition) is 0. The van der Waals surface area contributed by atoms with Crippen molar-refractivity contribution in [2.75, 3.05) is 0 Å². The van der Waals surface area contributed by atoms with E-state index in [1.54, 1.807) is 12.4 Å². The molecule has 6 aromatic heterocycles. The molecule has 0 aliphatic heterocycles. The summed E-state index contributed by atoms with van der Waals surface area (Å²) in [5.74, 6) is 4.16. The van der Waals surface area contributed by atoms with Crippen molar-refractivity contribution in [3.8, 4) is 52.0 Å². The molecule has 0 aliphatic rings. The molecule has 0 saturated heterocycles. The second-order valence-electron chi connectivity index (χ2n) is 15.3. The zero-order valence-corrected chi connectivity index (χ0v) is 39.3. The molecular formula is C54H29N9O2Pt2. The Morgan fingerprint density at radius 1 is 0.343 bits per heavy atom. The standard InChI is InChI=1S/C54H29N9O2.2Pt/c1-2-12-34(13-3-1)53-57-59-54(60-58-53)63-49-32-37(64-35-20-24-41-39-14-4-6-16-45(39)61(47(41)30-35)51-18-8-10-28-55-51)22-26-43(49)44-27-23-38(33-50(44)63)65-36-21-25-42-40-15-5-7-17-46(40)62(48(42)31-36)52-19-9-11-29-56-52;;/h1-29H;;/q-4;2*+2. The minimum Gasteiger partial charge on any atom is -0.509 e. The Morgan fingerprint density at radius 2 is 0.731 bits per heavy atom. The first kappa shape index (κ1) is 41.8. The van der Waals surface area contributed by atoms with Crippen LogP contribution in [-0.2, 0) is 42.1 Å². The third-order valence-electron chi connectivity index (χ3n) is 11.5. The zero-order chi connectivity index (χ0) is 42.8. The van der Waals surface area contributed by atoms with E-state index in [0.29, 0.717) is 39.9 Å². The molecule has 0 amide bonds. The van der Waals surface area contributed by atoms with Gasteiger partial charge in [-0.15, -0.1) is 79.7 Å². The number of fused-ring (bicyclic) bond motifs is 9. The van der Waals surface area contributed by atoms with Crippen LogP contribution in [0.5, 0.6) is 23.0 Å². The van der Waals surface area contributed by atoms with E-state index in [1.165, 1.54) is 0 Å². The van der Waals surface area contributed by atoms with Gasteiger partial charge in [-0.1, -0.05) is 101 Å². The van der Waals surface area contributed by atoms with Gasteiger partial charge in [0.2, 0.25) is 5.82 Å². The second kappa shape index (κ2) is 17.2. The smallest absolute Gasteiger partial charge is 0.509 e. The Bertz CT molecular complexity index is 3740. The van der Waals surface area contributed by atoms with Crippen LogP contribution in [0.4, 0.5) is 0 Å². The van der Waals surface area contributed by atoms with Crippen LogP contribution < -0.4 is 9.47 Å². The van der Waals surface area contributed by atoms with Crippen molar-refractivity contribution >= 4 is 65.4 Å². The normalized spacial score (nSPS) is 11.3. The predicted octanol–water partition coefficient (Wildman–Crippen LogP) is 11.8. The molecule has 13 heteroatoms. The quantitative estimate of drug-likeness (QED) is 0.138. The second-order valence-corrected chi connectivity index (χ2v) is 15.3. The van der Waals surface area contributed by atoms with Crippen LogP contribution in [0.15, 0.2) is 176 Å². The SMILES string of the molecule is [Pt+2].[Pt+2].[c-]1c(Oc2[c-]c3c(cc2)c2ccccc2n3-c2ccccn2)ccc2c3ccc(Oc4[c-]c5c(cc4)c4ccccc4n5-c4ccccn4)[c-]c3n(-c3nnc(-c4ccccc4)nn3)c12. The number of pyridine rings is 2. The van der Waals surface area contributed by atoms with Crippen LogP contribution in [-0.4, -0.2) is 44.1 Å². The molecule has 6 heterocycles. The van der Waals surface area contributed by atoms with Crippen molar-refractivity contribution in [1.29, 1.82) is 0 Å². The van der Waals surface area contributed by atoms with Crippen LogP contribution >= 0.6 is 0 Å². The van der Waals surface area contributed by atoms with Gasteiger partial charge >= 0.3 is 42.1 Å². The topological polar surface area (TPSA) is 111 Å². The summed E-state index contributed by atoms with van der Waals surface area (Å²) in [5, 5.41) is 24.2. The average Bonchev–Trinajstić information content (AvgIpc) is 3.99. The summed E-state index contributed by atoms with van der Waals surface area (Å²) in [6.07, 6.45) is 3.58. The third-order valence-corrected chi connectivity index (χ3v) is 11.5. The maximum atomic E-state index is 6.57. The van der Waals surface area contributed by atoms with Crippen LogP contribution in [0.1, 0.15) is 0 Å². The summed E-state index contributed by atoms with van der Waals surface area (Å²) in [4.78, 5) is 9.34. The Balaban J connectivity index is 0.00000247. The van der Waals surface area contributed by atoms with Gasteiger partial charge in [0.15, 0.2) is 0 Å². The van der Waals surface area contributed by atoms with Crippen LogP contribution in [0.2, 0.25) is 0 Å². The molecular weight excluding hydrogens is 1200 g/mol. The van der Waals surface area contributed by atoms with Gasteiger partial charge in [0.25, 0.3) is 5.95 Å². The molecule has 13 rings (SSSR count). The Kier molecular flexibility index (Phi) is 10.7. The Labute approximate surface area is 410 Å². The van der Waals surface area contributed by atoms with Gasteiger partial charge in [-0.25, -0.2) is 9.97 Å². The number of benzene rings is 7. The maximum Gasteiger partial charge on any atom is 2.00 e. The van der Waals surface area contributed by atoms with Crippen LogP contribution in [0.25, 0.3) is 94.4 Å². The van der Waals surface area contributed by atoms with Crippen molar-refractivity contribution in [1.82, 2.24) is 44.1 Å². The minimum atomic E-state index is 0. The molecule has 13 aromatic rings. The van der Waals surface area contributed by atoms with E-state index in [9.17, 15) is 0 Å². The van der Waals surface area contributed by atoms with Gasteiger partial charge in [0.05, 0.1) is 0 Å². The van der Waals surface area contributed by atoms with E-state index in [0.717, 1.165) is 71.6 Å². The molecule has 0 unspecified atom stereocenters. The van der Waals surface area contributed by atoms with E-state index in [1.807, 2.05) is 132 Å². The first-order valence-corrected chi connectivity index (χ1v) is 20.9. The largest absolute Gasteiger partial charge is 2.00 e. The summed E-state index contributed by atoms with van der Waals surface area (Å²) in [6.45, 7) is 0. The van der Waals surface area contributed by atoms with Gasteiger partial charge in [0, 0.05) is 52.0 Å². The summed E-state index contributed by atoms with van der Waals surface area (Å²) in [7, 11) is 0. The number of para-hydroxylation sites is 2. The number of aromatic nitrogens is 9. The molecule has 0 N–H and O–H groups in total. The van der Waals surface area contributed by atoms with Gasteiger partial charge < -0.3 is 23.2 Å². The van der Waals surface area contributed by atoms with Crippen LogP contribution in [0.3, 0.4) is 0 Å². The molecule has 322 valence electrons. The van der Waals surface area contributed by atoms with Crippen molar-refractivity contribution in [3.63, 3.8) is 0 Å². The van der Waals surface area contributed by atoms with Crippen molar-refractivity contribution in [2.24, 2.45) is 0 Å². The number of hydrogen-bond acceptors (Lipinski definition) is 8. The fourth-order valence-electron chi connectivity index (χ4n) is 8.71. The molecule has 0 atom stereocenters. The number of nitrogens with zero attached hydrogens (tertiary/aromatic N) is 9. The maximum absolute atomic E-state index is 6.57. The van der Waals surface area contributed by atoms with Gasteiger partial charge in [-0.05, 0) is 47.2 Å². The van der Waals surface area contributed by atoms with E-state index >= 15 is 0 Å². The van der Waals surface area contributed by atoms with Crippen molar-refractivity contribution in [3.05, 3.63) is 200 Å². The van der Waals surface area contributed by atoms with Crippen molar-refractivity contribution < 1.29 is 51.6 Å². The minimum absolute atomic E-state index is 0. The Hall–Kier alpha value is -7.84. The van der Waals surface area contributed by atoms with E-state index in [-0.39, 0.29) is 48.1 Å². The van der Waals surface area contributed by atoms with Gasteiger partial charge in [-0.3, -0.25) is 0 Å². The van der Waals surface area contributed by atoms with Crippen molar-refractivity contribution in [2.45, 2.75) is 0 Å². The van der Waals surface area contributed by atoms with Gasteiger partial charge in [0.1, 0.15) is 11.6 Å². The molecule has 0 aliphatic carbocycles. The average molecular weight is 1230 g/mol. The zero-order valence-electron chi connectivity index (χ0n) is 34.7. The monoisotopic (exact) mass is 1230 g/mol. The van der Waals surface area contributed by atoms with E-state index in [2.05, 4.69) is 100 Å². The number of ether oxygens (including phenoxy) is 2. The third kappa shape index (κ3) is 7.15. The molecule has 0 bridgehead atoms. The summed E-state index contributed by atoms with van der Waals surface area (Å²) in [5.41, 5.74) is 5.82. The molecule has 67 heavy (non-hydrogen) atoms. The van der Waals surface area contributed by atoms with E-state index in [4.69, 9.17) is 9.47 Å². The molecule has 11 nitrogen and oxygen atoms in total.